The van der Waals surface area contributed by atoms with E-state index < -0.39 is 4.92 Å². The zero-order valence-electron chi connectivity index (χ0n) is 14.5. The Bertz CT molecular complexity index is 945. The predicted octanol–water partition coefficient (Wildman–Crippen LogP) is 3.53. The summed E-state index contributed by atoms with van der Waals surface area (Å²) in [7, 11) is 0. The number of hydrogen-bond donors (Lipinski definition) is 1. The highest BCUT2D eigenvalue weighted by atomic mass is 32.2. The summed E-state index contributed by atoms with van der Waals surface area (Å²) in [5, 5.41) is 22.2. The Balaban J connectivity index is 1.66. The standard InChI is InChI=1S/C18H17N5O3S/c1-13(14-7-3-2-4-8-14)22-12-19-21-18(22)27-11-17(24)20-15-9-5-6-10-16(15)23(25)26/h2-10,12-13H,11H2,1H3,(H,20,24)/t13-/m0/s1. The van der Waals surface area contributed by atoms with Crippen molar-refractivity contribution >= 4 is 29.0 Å². The van der Waals surface area contributed by atoms with Crippen molar-refractivity contribution < 1.29 is 9.72 Å². The number of para-hydroxylation sites is 2. The van der Waals surface area contributed by atoms with E-state index in [0.29, 0.717) is 5.16 Å². The highest BCUT2D eigenvalue weighted by molar-refractivity contribution is 7.99. The fourth-order valence-electron chi connectivity index (χ4n) is 2.55. The third kappa shape index (κ3) is 4.50. The molecule has 2 aromatic carbocycles. The first kappa shape index (κ1) is 18.6. The minimum absolute atomic E-state index is 0.0157. The number of nitrogens with zero attached hydrogens (tertiary/aromatic N) is 4. The lowest BCUT2D eigenvalue weighted by molar-refractivity contribution is -0.383. The lowest BCUT2D eigenvalue weighted by Crippen LogP contribution is -2.16. The van der Waals surface area contributed by atoms with Crippen molar-refractivity contribution in [1.82, 2.24) is 14.8 Å². The molecule has 0 bridgehead atoms. The van der Waals surface area contributed by atoms with Crippen LogP contribution in [0.5, 0.6) is 0 Å². The molecule has 8 nitrogen and oxygen atoms in total. The van der Waals surface area contributed by atoms with Gasteiger partial charge in [-0.25, -0.2) is 0 Å². The summed E-state index contributed by atoms with van der Waals surface area (Å²) >= 11 is 1.23. The average molecular weight is 383 g/mol. The molecule has 1 aromatic heterocycles. The Kier molecular flexibility index (Phi) is 5.82. The lowest BCUT2D eigenvalue weighted by atomic mass is 10.1. The molecule has 0 aliphatic carbocycles. The molecule has 9 heteroatoms. The molecular formula is C18H17N5O3S. The quantitative estimate of drug-likeness (QED) is 0.380. The second-order valence-electron chi connectivity index (χ2n) is 5.72. The highest BCUT2D eigenvalue weighted by Gasteiger charge is 2.17. The Morgan fingerprint density at radius 3 is 2.67 bits per heavy atom. The lowest BCUT2D eigenvalue weighted by Gasteiger charge is -2.15. The number of thioether (sulfide) groups is 1. The fraction of sp³-hybridized carbons (Fsp3) is 0.167. The van der Waals surface area contributed by atoms with Gasteiger partial charge in [0.25, 0.3) is 5.69 Å². The number of anilines is 1. The molecule has 0 radical (unpaired) electrons. The van der Waals surface area contributed by atoms with Gasteiger partial charge in [0, 0.05) is 6.07 Å². The average Bonchev–Trinajstić information content (AvgIpc) is 3.15. The normalized spacial score (nSPS) is 11.7. The fourth-order valence-corrected chi connectivity index (χ4v) is 3.34. The van der Waals surface area contributed by atoms with Gasteiger partial charge in [0.1, 0.15) is 12.0 Å². The van der Waals surface area contributed by atoms with E-state index in [9.17, 15) is 14.9 Å². The van der Waals surface area contributed by atoms with Crippen LogP contribution in [0.15, 0.2) is 66.1 Å². The SMILES string of the molecule is C[C@@H](c1ccccc1)n1cnnc1SCC(=O)Nc1ccccc1[N+](=O)[O-]. The molecule has 1 amide bonds. The number of nitro groups is 1. The molecule has 0 aliphatic heterocycles. The van der Waals surface area contributed by atoms with Crippen LogP contribution in [0.4, 0.5) is 11.4 Å². The number of nitro benzene ring substituents is 1. The summed E-state index contributed by atoms with van der Waals surface area (Å²) in [5.41, 5.74) is 1.13. The van der Waals surface area contributed by atoms with Crippen molar-refractivity contribution in [3.8, 4) is 0 Å². The molecule has 27 heavy (non-hydrogen) atoms. The minimum Gasteiger partial charge on any atom is -0.320 e. The second kappa shape index (κ2) is 8.45. The van der Waals surface area contributed by atoms with Crippen LogP contribution < -0.4 is 5.32 Å². The first-order chi connectivity index (χ1) is 13.1. The maximum atomic E-state index is 12.2. The van der Waals surface area contributed by atoms with E-state index >= 15 is 0 Å². The van der Waals surface area contributed by atoms with Crippen molar-refractivity contribution in [1.29, 1.82) is 0 Å². The maximum Gasteiger partial charge on any atom is 0.292 e. The molecule has 1 N–H and O–H groups in total. The van der Waals surface area contributed by atoms with Crippen molar-refractivity contribution in [2.75, 3.05) is 11.1 Å². The molecule has 1 atom stereocenters. The molecule has 3 aromatic rings. The Morgan fingerprint density at radius 1 is 1.22 bits per heavy atom. The van der Waals surface area contributed by atoms with Gasteiger partial charge in [-0.3, -0.25) is 14.9 Å². The monoisotopic (exact) mass is 383 g/mol. The van der Waals surface area contributed by atoms with Crippen molar-refractivity contribution in [3.05, 3.63) is 76.6 Å². The van der Waals surface area contributed by atoms with Gasteiger partial charge in [-0.05, 0) is 18.6 Å². The molecule has 1 heterocycles. The second-order valence-corrected chi connectivity index (χ2v) is 6.66. The number of carbonyl (C=O) groups excluding carboxylic acids is 1. The number of rotatable bonds is 7. The number of hydrogen-bond acceptors (Lipinski definition) is 6. The van der Waals surface area contributed by atoms with Gasteiger partial charge in [0.05, 0.1) is 16.7 Å². The van der Waals surface area contributed by atoms with Crippen molar-refractivity contribution in [3.63, 3.8) is 0 Å². The summed E-state index contributed by atoms with van der Waals surface area (Å²) in [6.45, 7) is 2.02. The van der Waals surface area contributed by atoms with Gasteiger partial charge < -0.3 is 9.88 Å². The molecule has 0 fully saturated rings. The summed E-state index contributed by atoms with van der Waals surface area (Å²) < 4.78 is 1.89. The van der Waals surface area contributed by atoms with E-state index in [2.05, 4.69) is 15.5 Å². The molecule has 0 unspecified atom stereocenters. The van der Waals surface area contributed by atoms with Crippen LogP contribution in [0.25, 0.3) is 0 Å². The van der Waals surface area contributed by atoms with E-state index in [1.165, 1.54) is 23.9 Å². The topological polar surface area (TPSA) is 103 Å². The third-order valence-electron chi connectivity index (χ3n) is 3.95. The largest absolute Gasteiger partial charge is 0.320 e. The van der Waals surface area contributed by atoms with E-state index in [1.54, 1.807) is 18.5 Å². The molecule has 0 saturated carbocycles. The summed E-state index contributed by atoms with van der Waals surface area (Å²) in [6, 6.07) is 16.0. The van der Waals surface area contributed by atoms with Gasteiger partial charge in [-0.2, -0.15) is 0 Å². The predicted molar refractivity (Wildman–Crippen MR) is 103 cm³/mol. The zero-order valence-corrected chi connectivity index (χ0v) is 15.3. The first-order valence-corrected chi connectivity index (χ1v) is 9.15. The highest BCUT2D eigenvalue weighted by Crippen LogP contribution is 2.26. The molecule has 0 saturated heterocycles. The summed E-state index contributed by atoms with van der Waals surface area (Å²) in [5.74, 6) is -0.289. The van der Waals surface area contributed by atoms with E-state index in [4.69, 9.17) is 0 Å². The van der Waals surface area contributed by atoms with Crippen LogP contribution in [0, 0.1) is 10.1 Å². The van der Waals surface area contributed by atoms with E-state index in [0.717, 1.165) is 5.56 Å². The molecule has 3 rings (SSSR count). The molecule has 0 spiro atoms. The first-order valence-electron chi connectivity index (χ1n) is 8.17. The Labute approximate surface area is 159 Å². The van der Waals surface area contributed by atoms with E-state index in [-0.39, 0.29) is 29.1 Å². The van der Waals surface area contributed by atoms with Crippen LogP contribution in [0.3, 0.4) is 0 Å². The number of benzene rings is 2. The molecule has 138 valence electrons. The Morgan fingerprint density at radius 2 is 1.93 bits per heavy atom. The molecule has 0 aliphatic rings. The summed E-state index contributed by atoms with van der Waals surface area (Å²) in [6.07, 6.45) is 1.62. The smallest absolute Gasteiger partial charge is 0.292 e. The van der Waals surface area contributed by atoms with Crippen LogP contribution in [0.2, 0.25) is 0 Å². The zero-order chi connectivity index (χ0) is 19.2. The Hall–Kier alpha value is -3.20. The van der Waals surface area contributed by atoms with Gasteiger partial charge >= 0.3 is 0 Å². The van der Waals surface area contributed by atoms with Crippen LogP contribution in [-0.4, -0.2) is 31.3 Å². The van der Waals surface area contributed by atoms with Gasteiger partial charge in [0.15, 0.2) is 5.16 Å². The van der Waals surface area contributed by atoms with Crippen molar-refractivity contribution in [2.24, 2.45) is 0 Å². The maximum absolute atomic E-state index is 12.2. The van der Waals surface area contributed by atoms with Crippen LogP contribution in [-0.2, 0) is 4.79 Å². The van der Waals surface area contributed by atoms with Gasteiger partial charge in [0.2, 0.25) is 5.91 Å². The van der Waals surface area contributed by atoms with Gasteiger partial charge in [-0.15, -0.1) is 10.2 Å². The number of amides is 1. The number of nitrogens with one attached hydrogen (secondary N) is 1. The van der Waals surface area contributed by atoms with Gasteiger partial charge in [-0.1, -0.05) is 54.2 Å². The van der Waals surface area contributed by atoms with Crippen LogP contribution in [0.1, 0.15) is 18.5 Å². The summed E-state index contributed by atoms with van der Waals surface area (Å²) in [4.78, 5) is 22.7. The number of carbonyl (C=O) groups is 1. The number of aromatic nitrogens is 3. The van der Waals surface area contributed by atoms with Crippen molar-refractivity contribution in [2.45, 2.75) is 18.1 Å². The minimum atomic E-state index is -0.527. The third-order valence-corrected chi connectivity index (χ3v) is 4.90. The molecular weight excluding hydrogens is 366 g/mol. The van der Waals surface area contributed by atoms with E-state index in [1.807, 2.05) is 41.8 Å². The van der Waals surface area contributed by atoms with Crippen LogP contribution >= 0.6 is 11.8 Å².